The first-order chi connectivity index (χ1) is 13.3. The van der Waals surface area contributed by atoms with Gasteiger partial charge in [-0.05, 0) is 44.4 Å². The molecule has 27 heavy (non-hydrogen) atoms. The quantitative estimate of drug-likeness (QED) is 0.665. The Morgan fingerprint density at radius 1 is 0.963 bits per heavy atom. The molecule has 0 aromatic heterocycles. The third kappa shape index (κ3) is 3.59. The molecule has 2 aliphatic rings. The summed E-state index contributed by atoms with van der Waals surface area (Å²) >= 11 is 0. The maximum atomic E-state index is 12.9. The topological polar surface area (TPSA) is 47.6 Å². The lowest BCUT2D eigenvalue weighted by Gasteiger charge is -2.23. The molecule has 0 bridgehead atoms. The van der Waals surface area contributed by atoms with Crippen molar-refractivity contribution in [3.8, 4) is 22.6 Å². The van der Waals surface area contributed by atoms with E-state index in [9.17, 15) is 4.79 Å². The number of nitrogens with one attached hydrogen (secondary N) is 1. The van der Waals surface area contributed by atoms with Crippen molar-refractivity contribution in [2.24, 2.45) is 0 Å². The summed E-state index contributed by atoms with van der Waals surface area (Å²) in [6.07, 6.45) is 5.68. The van der Waals surface area contributed by atoms with E-state index in [4.69, 9.17) is 9.47 Å². The summed E-state index contributed by atoms with van der Waals surface area (Å²) < 4.78 is 12.1. The number of hydrogen-bond acceptors (Lipinski definition) is 4. The van der Waals surface area contributed by atoms with Gasteiger partial charge in [-0.1, -0.05) is 37.6 Å². The standard InChI is InChI=1S/C23H27NO3/c1-2-14-26-19-10-5-8-17-21(19)22-18(23(17)25)9-6-11-20(22)27-15-12-16-7-3-4-13-24-16/h5-6,8-11,16,24H,2-4,7,12-15H2,1H3. The Balaban J connectivity index is 1.60. The Hall–Kier alpha value is -2.33. The van der Waals surface area contributed by atoms with E-state index in [1.807, 2.05) is 36.4 Å². The zero-order valence-electron chi connectivity index (χ0n) is 15.9. The highest BCUT2D eigenvalue weighted by Crippen LogP contribution is 2.47. The van der Waals surface area contributed by atoms with Crippen molar-refractivity contribution < 1.29 is 14.3 Å². The smallest absolute Gasteiger partial charge is 0.194 e. The summed E-state index contributed by atoms with van der Waals surface area (Å²) in [6, 6.07) is 12.0. The van der Waals surface area contributed by atoms with Gasteiger partial charge in [0.1, 0.15) is 11.5 Å². The van der Waals surface area contributed by atoms with Crippen molar-refractivity contribution in [3.63, 3.8) is 0 Å². The van der Waals surface area contributed by atoms with E-state index in [1.54, 1.807) is 0 Å². The molecule has 1 heterocycles. The molecule has 0 radical (unpaired) electrons. The van der Waals surface area contributed by atoms with Crippen LogP contribution in [-0.4, -0.2) is 31.6 Å². The van der Waals surface area contributed by atoms with Crippen LogP contribution in [0.25, 0.3) is 11.1 Å². The fraction of sp³-hybridized carbons (Fsp3) is 0.435. The predicted octanol–water partition coefficient (Wildman–Crippen LogP) is 4.60. The first kappa shape index (κ1) is 18.1. The maximum absolute atomic E-state index is 12.9. The van der Waals surface area contributed by atoms with E-state index >= 15 is 0 Å². The Bertz CT molecular complexity index is 824. The van der Waals surface area contributed by atoms with Gasteiger partial charge in [-0.25, -0.2) is 0 Å². The van der Waals surface area contributed by atoms with Crippen LogP contribution in [0.5, 0.6) is 11.5 Å². The second kappa shape index (κ2) is 8.13. The van der Waals surface area contributed by atoms with Crippen molar-refractivity contribution in [1.29, 1.82) is 0 Å². The molecule has 4 rings (SSSR count). The normalized spacial score (nSPS) is 18.1. The predicted molar refractivity (Wildman–Crippen MR) is 107 cm³/mol. The molecule has 4 nitrogen and oxygen atoms in total. The number of piperidine rings is 1. The van der Waals surface area contributed by atoms with Gasteiger partial charge in [-0.15, -0.1) is 0 Å². The molecule has 0 saturated carbocycles. The Labute approximate surface area is 160 Å². The molecule has 1 unspecified atom stereocenters. The molecule has 0 spiro atoms. The van der Waals surface area contributed by atoms with Gasteiger partial charge in [0.05, 0.1) is 13.2 Å². The summed E-state index contributed by atoms with van der Waals surface area (Å²) in [5, 5.41) is 3.56. The van der Waals surface area contributed by atoms with Gasteiger partial charge >= 0.3 is 0 Å². The second-order valence-corrected chi connectivity index (χ2v) is 7.32. The van der Waals surface area contributed by atoms with Gasteiger partial charge in [0, 0.05) is 28.3 Å². The van der Waals surface area contributed by atoms with Crippen molar-refractivity contribution in [3.05, 3.63) is 47.5 Å². The molecule has 1 saturated heterocycles. The van der Waals surface area contributed by atoms with Crippen molar-refractivity contribution in [2.45, 2.75) is 45.1 Å². The monoisotopic (exact) mass is 365 g/mol. The highest BCUT2D eigenvalue weighted by molar-refractivity contribution is 6.23. The molecule has 1 fully saturated rings. The average molecular weight is 365 g/mol. The van der Waals surface area contributed by atoms with Crippen molar-refractivity contribution in [2.75, 3.05) is 19.8 Å². The molecule has 0 amide bonds. The molecule has 1 N–H and O–H groups in total. The largest absolute Gasteiger partial charge is 0.493 e. The lowest BCUT2D eigenvalue weighted by Crippen LogP contribution is -2.35. The minimum Gasteiger partial charge on any atom is -0.493 e. The summed E-state index contributed by atoms with van der Waals surface area (Å²) in [6.45, 7) is 4.47. The molecular formula is C23H27NO3. The molecule has 1 atom stereocenters. The fourth-order valence-corrected chi connectivity index (χ4v) is 4.04. The summed E-state index contributed by atoms with van der Waals surface area (Å²) in [5.74, 6) is 1.61. The van der Waals surface area contributed by atoms with E-state index in [0.29, 0.717) is 30.4 Å². The van der Waals surface area contributed by atoms with Crippen LogP contribution < -0.4 is 14.8 Å². The van der Waals surface area contributed by atoms with Crippen molar-refractivity contribution in [1.82, 2.24) is 5.32 Å². The van der Waals surface area contributed by atoms with Crippen LogP contribution in [0.15, 0.2) is 36.4 Å². The maximum Gasteiger partial charge on any atom is 0.194 e. The van der Waals surface area contributed by atoms with Crippen LogP contribution in [0.4, 0.5) is 0 Å². The van der Waals surface area contributed by atoms with E-state index in [0.717, 1.165) is 42.0 Å². The molecular weight excluding hydrogens is 338 g/mol. The van der Waals surface area contributed by atoms with Crippen LogP contribution in [0.1, 0.15) is 54.9 Å². The van der Waals surface area contributed by atoms with Gasteiger partial charge < -0.3 is 14.8 Å². The number of carbonyl (C=O) groups is 1. The van der Waals surface area contributed by atoms with Crippen molar-refractivity contribution >= 4 is 5.78 Å². The molecule has 142 valence electrons. The Kier molecular flexibility index (Phi) is 5.44. The zero-order valence-corrected chi connectivity index (χ0v) is 15.9. The molecule has 1 aliphatic heterocycles. The molecule has 2 aromatic carbocycles. The Morgan fingerprint density at radius 2 is 1.63 bits per heavy atom. The SMILES string of the molecule is CCCOc1cccc2c1-c1c(OCCC3CCCCN3)cccc1C2=O. The average Bonchev–Trinajstić information content (AvgIpc) is 3.01. The minimum absolute atomic E-state index is 0.0568. The molecule has 4 heteroatoms. The third-order valence-electron chi connectivity index (χ3n) is 5.39. The summed E-state index contributed by atoms with van der Waals surface area (Å²) in [7, 11) is 0. The highest BCUT2D eigenvalue weighted by Gasteiger charge is 2.32. The Morgan fingerprint density at radius 3 is 2.22 bits per heavy atom. The van der Waals surface area contributed by atoms with Gasteiger partial charge in [0.25, 0.3) is 0 Å². The number of rotatable bonds is 7. The summed E-state index contributed by atoms with van der Waals surface area (Å²) in [4.78, 5) is 12.9. The van der Waals surface area contributed by atoms with E-state index in [-0.39, 0.29) is 5.78 Å². The number of ether oxygens (including phenoxy) is 2. The lowest BCUT2D eigenvalue weighted by atomic mass is 10.0. The first-order valence-corrected chi connectivity index (χ1v) is 10.1. The van der Waals surface area contributed by atoms with Gasteiger partial charge in [0.15, 0.2) is 5.78 Å². The molecule has 2 aromatic rings. The van der Waals surface area contributed by atoms with Gasteiger partial charge in [-0.2, -0.15) is 0 Å². The summed E-state index contributed by atoms with van der Waals surface area (Å²) in [5.41, 5.74) is 3.20. The van der Waals surface area contributed by atoms with Crippen LogP contribution >= 0.6 is 0 Å². The van der Waals surface area contributed by atoms with Gasteiger partial charge in [-0.3, -0.25) is 4.79 Å². The van der Waals surface area contributed by atoms with Gasteiger partial charge in [0.2, 0.25) is 0 Å². The first-order valence-electron chi connectivity index (χ1n) is 10.1. The molecule has 1 aliphatic carbocycles. The minimum atomic E-state index is 0.0568. The van der Waals surface area contributed by atoms with E-state index < -0.39 is 0 Å². The van der Waals surface area contributed by atoms with Crippen LogP contribution in [0, 0.1) is 0 Å². The number of carbonyl (C=O) groups excluding carboxylic acids is 1. The van der Waals surface area contributed by atoms with Crippen LogP contribution in [0.3, 0.4) is 0 Å². The number of hydrogen-bond donors (Lipinski definition) is 1. The van der Waals surface area contributed by atoms with Crippen LogP contribution in [-0.2, 0) is 0 Å². The number of ketones is 1. The fourth-order valence-electron chi connectivity index (χ4n) is 4.04. The number of benzene rings is 2. The van der Waals surface area contributed by atoms with E-state index in [1.165, 1.54) is 19.3 Å². The van der Waals surface area contributed by atoms with E-state index in [2.05, 4.69) is 12.2 Å². The second-order valence-electron chi connectivity index (χ2n) is 7.32. The lowest BCUT2D eigenvalue weighted by molar-refractivity contribution is 0.104. The third-order valence-corrected chi connectivity index (χ3v) is 5.39. The van der Waals surface area contributed by atoms with Crippen LogP contribution in [0.2, 0.25) is 0 Å². The zero-order chi connectivity index (χ0) is 18.6. The highest BCUT2D eigenvalue weighted by atomic mass is 16.5. The number of fused-ring (bicyclic) bond motifs is 3.